The highest BCUT2D eigenvalue weighted by molar-refractivity contribution is 5.79. The Hall–Kier alpha value is -2.24. The molecular weight excluding hydrogens is 332 g/mol. The van der Waals surface area contributed by atoms with E-state index in [1.807, 2.05) is 23.1 Å². The summed E-state index contributed by atoms with van der Waals surface area (Å²) in [4.78, 5) is 25.9. The molecule has 2 amide bonds. The van der Waals surface area contributed by atoms with Gasteiger partial charge < -0.3 is 19.7 Å². The summed E-state index contributed by atoms with van der Waals surface area (Å²) in [5, 5.41) is 2.99. The van der Waals surface area contributed by atoms with Gasteiger partial charge in [0.05, 0.1) is 13.7 Å². The maximum atomic E-state index is 12.1. The van der Waals surface area contributed by atoms with Crippen LogP contribution in [0.15, 0.2) is 18.2 Å². The molecule has 1 aromatic rings. The van der Waals surface area contributed by atoms with Gasteiger partial charge >= 0.3 is 0 Å². The summed E-state index contributed by atoms with van der Waals surface area (Å²) < 4.78 is 11.0. The van der Waals surface area contributed by atoms with E-state index in [0.717, 1.165) is 49.3 Å². The molecule has 0 saturated carbocycles. The Morgan fingerprint density at radius 1 is 1.35 bits per heavy atom. The second kappa shape index (κ2) is 8.92. The van der Waals surface area contributed by atoms with E-state index in [4.69, 9.17) is 9.47 Å². The average Bonchev–Trinajstić information content (AvgIpc) is 2.88. The van der Waals surface area contributed by atoms with E-state index in [2.05, 4.69) is 5.32 Å². The summed E-state index contributed by atoms with van der Waals surface area (Å²) in [5.74, 6) is 2.11. The number of benzene rings is 1. The first-order chi connectivity index (χ1) is 12.7. The minimum atomic E-state index is 0.00238. The number of nitrogens with one attached hydrogen (secondary N) is 1. The molecular formula is C20H28N2O4. The second-order valence-corrected chi connectivity index (χ2v) is 7.10. The molecule has 0 unspecified atom stereocenters. The molecule has 1 N–H and O–H groups in total. The van der Waals surface area contributed by atoms with Crippen LogP contribution in [0.25, 0.3) is 0 Å². The Morgan fingerprint density at radius 3 is 3.08 bits per heavy atom. The molecule has 3 rings (SSSR count). The van der Waals surface area contributed by atoms with Crippen LogP contribution in [0.5, 0.6) is 11.5 Å². The van der Waals surface area contributed by atoms with Gasteiger partial charge in [-0.1, -0.05) is 12.5 Å². The zero-order valence-corrected chi connectivity index (χ0v) is 15.5. The van der Waals surface area contributed by atoms with Crippen LogP contribution in [-0.4, -0.2) is 50.1 Å². The van der Waals surface area contributed by atoms with E-state index in [9.17, 15) is 9.59 Å². The molecule has 0 radical (unpaired) electrons. The molecule has 1 aromatic carbocycles. The Bertz CT molecular complexity index is 647. The van der Waals surface area contributed by atoms with Crippen molar-refractivity contribution in [3.8, 4) is 11.5 Å². The summed E-state index contributed by atoms with van der Waals surface area (Å²) in [6.07, 6.45) is 4.97. The minimum Gasteiger partial charge on any atom is -0.497 e. The molecule has 6 nitrogen and oxygen atoms in total. The highest BCUT2D eigenvalue weighted by Crippen LogP contribution is 2.30. The normalized spacial score (nSPS) is 20.0. The fourth-order valence-corrected chi connectivity index (χ4v) is 3.53. The van der Waals surface area contributed by atoms with Crippen LogP contribution in [0.4, 0.5) is 0 Å². The summed E-state index contributed by atoms with van der Waals surface area (Å²) in [6, 6.07) is 5.86. The first kappa shape index (κ1) is 18.5. The third-order valence-corrected chi connectivity index (χ3v) is 5.13. The monoisotopic (exact) mass is 360 g/mol. The number of hydrogen-bond acceptors (Lipinski definition) is 4. The topological polar surface area (TPSA) is 67.9 Å². The minimum absolute atomic E-state index is 0.00238. The molecule has 2 heterocycles. The van der Waals surface area contributed by atoms with E-state index in [0.29, 0.717) is 32.5 Å². The van der Waals surface area contributed by atoms with Crippen molar-refractivity contribution in [3.05, 3.63) is 23.8 Å². The van der Waals surface area contributed by atoms with E-state index in [1.165, 1.54) is 0 Å². The van der Waals surface area contributed by atoms with Crippen LogP contribution in [0.1, 0.15) is 37.7 Å². The lowest BCUT2D eigenvalue weighted by molar-refractivity contribution is -0.131. The number of hydrogen-bond donors (Lipinski definition) is 1. The molecule has 2 aliphatic heterocycles. The predicted molar refractivity (Wildman–Crippen MR) is 98.4 cm³/mol. The van der Waals surface area contributed by atoms with Gasteiger partial charge in [0.2, 0.25) is 11.8 Å². The van der Waals surface area contributed by atoms with E-state index in [-0.39, 0.29) is 17.7 Å². The van der Waals surface area contributed by atoms with E-state index in [1.54, 1.807) is 7.11 Å². The number of carbonyl (C=O) groups excluding carboxylic acids is 2. The molecule has 0 bridgehead atoms. The highest BCUT2D eigenvalue weighted by Gasteiger charge is 2.22. The van der Waals surface area contributed by atoms with Crippen LogP contribution in [0, 0.1) is 5.92 Å². The molecule has 1 saturated heterocycles. The number of carbonyl (C=O) groups is 2. The smallest absolute Gasteiger partial charge is 0.222 e. The molecule has 1 atom stereocenters. The SMILES string of the molecule is COc1ccc2c(c1)OC[C@@H](CNC(=O)CCN1CCCCCC1=O)C2. The van der Waals surface area contributed by atoms with Gasteiger partial charge in [-0.2, -0.15) is 0 Å². The number of amides is 2. The Morgan fingerprint density at radius 2 is 2.23 bits per heavy atom. The summed E-state index contributed by atoms with van der Waals surface area (Å²) in [7, 11) is 1.64. The average molecular weight is 360 g/mol. The van der Waals surface area contributed by atoms with Gasteiger partial charge in [0.15, 0.2) is 0 Å². The van der Waals surface area contributed by atoms with Crippen molar-refractivity contribution >= 4 is 11.8 Å². The van der Waals surface area contributed by atoms with Crippen LogP contribution in [-0.2, 0) is 16.0 Å². The highest BCUT2D eigenvalue weighted by atomic mass is 16.5. The zero-order valence-electron chi connectivity index (χ0n) is 15.5. The van der Waals surface area contributed by atoms with Crippen LogP contribution >= 0.6 is 0 Å². The number of ether oxygens (including phenoxy) is 2. The maximum absolute atomic E-state index is 12.1. The summed E-state index contributed by atoms with van der Waals surface area (Å²) in [6.45, 7) is 2.49. The van der Waals surface area contributed by atoms with Gasteiger partial charge in [0.25, 0.3) is 0 Å². The molecule has 6 heteroatoms. The van der Waals surface area contributed by atoms with Gasteiger partial charge in [0, 0.05) is 44.5 Å². The van der Waals surface area contributed by atoms with Gasteiger partial charge in [-0.3, -0.25) is 9.59 Å². The fraction of sp³-hybridized carbons (Fsp3) is 0.600. The van der Waals surface area contributed by atoms with Crippen molar-refractivity contribution < 1.29 is 19.1 Å². The number of fused-ring (bicyclic) bond motifs is 1. The van der Waals surface area contributed by atoms with Crippen molar-refractivity contribution in [2.24, 2.45) is 5.92 Å². The van der Waals surface area contributed by atoms with Crippen LogP contribution in [0.3, 0.4) is 0 Å². The van der Waals surface area contributed by atoms with Crippen LogP contribution in [0.2, 0.25) is 0 Å². The second-order valence-electron chi connectivity index (χ2n) is 7.10. The van der Waals surface area contributed by atoms with Gasteiger partial charge in [0.1, 0.15) is 11.5 Å². The molecule has 0 aliphatic carbocycles. The molecule has 0 aromatic heterocycles. The number of rotatable bonds is 6. The van der Waals surface area contributed by atoms with Crippen molar-refractivity contribution in [2.75, 3.05) is 33.4 Å². The molecule has 2 aliphatic rings. The Kier molecular flexibility index (Phi) is 6.36. The Labute approximate surface area is 154 Å². The van der Waals surface area contributed by atoms with Gasteiger partial charge in [-0.15, -0.1) is 0 Å². The van der Waals surface area contributed by atoms with E-state index < -0.39 is 0 Å². The predicted octanol–water partition coefficient (Wildman–Crippen LogP) is 2.16. The molecule has 26 heavy (non-hydrogen) atoms. The lowest BCUT2D eigenvalue weighted by Gasteiger charge is -2.26. The third-order valence-electron chi connectivity index (χ3n) is 5.13. The third kappa shape index (κ3) is 4.90. The largest absolute Gasteiger partial charge is 0.497 e. The maximum Gasteiger partial charge on any atom is 0.222 e. The van der Waals surface area contributed by atoms with Crippen molar-refractivity contribution in [1.82, 2.24) is 10.2 Å². The summed E-state index contributed by atoms with van der Waals surface area (Å²) >= 11 is 0. The molecule has 0 spiro atoms. The summed E-state index contributed by atoms with van der Waals surface area (Å²) in [5.41, 5.74) is 1.14. The van der Waals surface area contributed by atoms with Gasteiger partial charge in [-0.25, -0.2) is 0 Å². The standard InChI is InChI=1S/C20H28N2O4/c1-25-17-7-6-16-11-15(14-26-18(16)12-17)13-21-19(23)8-10-22-9-4-2-3-5-20(22)24/h6-7,12,15H,2-5,8-11,13-14H2,1H3,(H,21,23)/t15-/m1/s1. The van der Waals surface area contributed by atoms with Crippen molar-refractivity contribution in [1.29, 1.82) is 0 Å². The van der Waals surface area contributed by atoms with Crippen molar-refractivity contribution in [2.45, 2.75) is 38.5 Å². The fourth-order valence-electron chi connectivity index (χ4n) is 3.53. The first-order valence-electron chi connectivity index (χ1n) is 9.50. The van der Waals surface area contributed by atoms with Gasteiger partial charge in [-0.05, 0) is 30.9 Å². The number of likely N-dealkylation sites (tertiary alicyclic amines) is 1. The Balaban J connectivity index is 1.41. The van der Waals surface area contributed by atoms with Crippen molar-refractivity contribution in [3.63, 3.8) is 0 Å². The molecule has 142 valence electrons. The zero-order chi connectivity index (χ0) is 18.4. The quantitative estimate of drug-likeness (QED) is 0.844. The number of methoxy groups -OCH3 is 1. The van der Waals surface area contributed by atoms with E-state index >= 15 is 0 Å². The molecule has 1 fully saturated rings. The number of nitrogens with zero attached hydrogens (tertiary/aromatic N) is 1. The lowest BCUT2D eigenvalue weighted by Crippen LogP contribution is -2.38. The lowest BCUT2D eigenvalue weighted by atomic mass is 9.96. The first-order valence-corrected chi connectivity index (χ1v) is 9.50. The van der Waals surface area contributed by atoms with Crippen LogP contribution < -0.4 is 14.8 Å².